The van der Waals surface area contributed by atoms with Crippen LogP contribution in [0.15, 0.2) is 41.2 Å². The van der Waals surface area contributed by atoms with Crippen LogP contribution in [0.2, 0.25) is 0 Å². The molecular formula is C19H23N3O2. The van der Waals surface area contributed by atoms with Gasteiger partial charge >= 0.3 is 0 Å². The van der Waals surface area contributed by atoms with Crippen LogP contribution in [-0.4, -0.2) is 43.0 Å². The van der Waals surface area contributed by atoms with Gasteiger partial charge in [-0.15, -0.1) is 0 Å². The first kappa shape index (κ1) is 16.3. The van der Waals surface area contributed by atoms with Crippen molar-refractivity contribution in [2.24, 2.45) is 0 Å². The first-order valence-corrected chi connectivity index (χ1v) is 8.36. The van der Waals surface area contributed by atoms with E-state index in [1.165, 1.54) is 0 Å². The number of hydrogen-bond acceptors (Lipinski definition) is 3. The van der Waals surface area contributed by atoms with E-state index >= 15 is 0 Å². The van der Waals surface area contributed by atoms with Crippen LogP contribution < -0.4 is 10.5 Å². The highest BCUT2D eigenvalue weighted by Gasteiger charge is 2.20. The number of hydrogen-bond donors (Lipinski definition) is 1. The lowest BCUT2D eigenvalue weighted by Gasteiger charge is -2.26. The Morgan fingerprint density at radius 1 is 1.00 bits per heavy atom. The van der Waals surface area contributed by atoms with Gasteiger partial charge in [0, 0.05) is 38.6 Å². The zero-order valence-corrected chi connectivity index (χ0v) is 14.2. The Balaban J connectivity index is 1.84. The van der Waals surface area contributed by atoms with Crippen molar-refractivity contribution in [3.8, 4) is 11.3 Å². The smallest absolute Gasteiger partial charge is 0.261 e. The Labute approximate surface area is 141 Å². The number of H-pyrrole nitrogens is 1. The molecule has 0 bridgehead atoms. The predicted octanol–water partition coefficient (Wildman–Crippen LogP) is 2.73. The molecule has 1 N–H and O–H groups in total. The molecule has 1 amide bonds. The van der Waals surface area contributed by atoms with Crippen molar-refractivity contribution in [1.82, 2.24) is 9.88 Å². The molecular weight excluding hydrogens is 302 g/mol. The van der Waals surface area contributed by atoms with Crippen molar-refractivity contribution in [3.05, 3.63) is 52.3 Å². The molecule has 2 aromatic rings. The SMILES string of the molecule is CN(C)c1ccc(-c2ccc(C(=O)N3CCCCC3)c(=O)[nH]2)cc1. The summed E-state index contributed by atoms with van der Waals surface area (Å²) in [4.78, 5) is 31.5. The third kappa shape index (κ3) is 3.35. The van der Waals surface area contributed by atoms with Crippen LogP contribution in [0.3, 0.4) is 0 Å². The minimum absolute atomic E-state index is 0.162. The van der Waals surface area contributed by atoms with E-state index in [-0.39, 0.29) is 17.0 Å². The second kappa shape index (κ2) is 6.91. The molecule has 1 fully saturated rings. The molecule has 2 heterocycles. The van der Waals surface area contributed by atoms with Crippen LogP contribution in [0, 0.1) is 0 Å². The maximum atomic E-state index is 12.5. The molecule has 5 nitrogen and oxygen atoms in total. The third-order valence-corrected chi connectivity index (χ3v) is 4.48. The number of likely N-dealkylation sites (tertiary alicyclic amines) is 1. The van der Waals surface area contributed by atoms with Crippen LogP contribution in [0.25, 0.3) is 11.3 Å². The average Bonchev–Trinajstić information content (AvgIpc) is 2.62. The van der Waals surface area contributed by atoms with Gasteiger partial charge in [-0.2, -0.15) is 0 Å². The maximum absolute atomic E-state index is 12.5. The Morgan fingerprint density at radius 2 is 1.67 bits per heavy atom. The second-order valence-corrected chi connectivity index (χ2v) is 6.41. The molecule has 126 valence electrons. The highest BCUT2D eigenvalue weighted by molar-refractivity contribution is 5.94. The van der Waals surface area contributed by atoms with Crippen molar-refractivity contribution in [3.63, 3.8) is 0 Å². The van der Waals surface area contributed by atoms with Gasteiger partial charge in [0.15, 0.2) is 0 Å². The number of anilines is 1. The number of aromatic amines is 1. The second-order valence-electron chi connectivity index (χ2n) is 6.41. The summed E-state index contributed by atoms with van der Waals surface area (Å²) < 4.78 is 0. The summed E-state index contributed by atoms with van der Waals surface area (Å²) in [6.45, 7) is 1.48. The van der Waals surface area contributed by atoms with Gasteiger partial charge in [0.1, 0.15) is 5.56 Å². The Kier molecular flexibility index (Phi) is 4.69. The van der Waals surface area contributed by atoms with Crippen molar-refractivity contribution >= 4 is 11.6 Å². The highest BCUT2D eigenvalue weighted by Crippen LogP contribution is 2.20. The van der Waals surface area contributed by atoms with Crippen LogP contribution in [-0.2, 0) is 0 Å². The number of pyridine rings is 1. The van der Waals surface area contributed by atoms with Crippen LogP contribution in [0.4, 0.5) is 5.69 Å². The molecule has 0 unspecified atom stereocenters. The summed E-state index contributed by atoms with van der Waals surface area (Å²) in [6, 6.07) is 11.4. The number of nitrogens with one attached hydrogen (secondary N) is 1. The molecule has 1 aromatic heterocycles. The van der Waals surface area contributed by atoms with Crippen molar-refractivity contribution in [2.45, 2.75) is 19.3 Å². The van der Waals surface area contributed by atoms with Crippen molar-refractivity contribution in [2.75, 3.05) is 32.1 Å². The van der Waals surface area contributed by atoms with Gasteiger partial charge in [0.2, 0.25) is 0 Å². The highest BCUT2D eigenvalue weighted by atomic mass is 16.2. The van der Waals surface area contributed by atoms with Crippen LogP contribution in [0.1, 0.15) is 29.6 Å². The molecule has 0 radical (unpaired) electrons. The Hall–Kier alpha value is -2.56. The van der Waals surface area contributed by atoms with Crippen LogP contribution >= 0.6 is 0 Å². The fourth-order valence-corrected chi connectivity index (χ4v) is 3.02. The Bertz CT molecular complexity index is 772. The Morgan fingerprint density at radius 3 is 2.25 bits per heavy atom. The number of carbonyl (C=O) groups excluding carboxylic acids is 1. The number of carbonyl (C=O) groups is 1. The number of amides is 1. The zero-order valence-electron chi connectivity index (χ0n) is 14.2. The average molecular weight is 325 g/mol. The fourth-order valence-electron chi connectivity index (χ4n) is 3.02. The molecule has 3 rings (SSSR count). The minimum Gasteiger partial charge on any atom is -0.378 e. The van der Waals surface area contributed by atoms with Gasteiger partial charge in [0.25, 0.3) is 11.5 Å². The van der Waals surface area contributed by atoms with E-state index in [0.29, 0.717) is 0 Å². The van der Waals surface area contributed by atoms with E-state index in [4.69, 9.17) is 0 Å². The van der Waals surface area contributed by atoms with Gasteiger partial charge < -0.3 is 14.8 Å². The van der Waals surface area contributed by atoms with E-state index in [9.17, 15) is 9.59 Å². The standard InChI is InChI=1S/C19H23N3O2/c1-21(2)15-8-6-14(7-9-15)17-11-10-16(18(23)20-17)19(24)22-12-4-3-5-13-22/h6-11H,3-5,12-13H2,1-2H3,(H,20,23). The number of nitrogens with zero attached hydrogens (tertiary/aromatic N) is 2. The topological polar surface area (TPSA) is 56.4 Å². The summed E-state index contributed by atoms with van der Waals surface area (Å²) in [5.41, 5.74) is 2.65. The molecule has 24 heavy (non-hydrogen) atoms. The molecule has 1 aromatic carbocycles. The lowest BCUT2D eigenvalue weighted by molar-refractivity contribution is 0.0722. The lowest BCUT2D eigenvalue weighted by atomic mass is 10.1. The van der Waals surface area contributed by atoms with Gasteiger partial charge in [-0.25, -0.2) is 0 Å². The van der Waals surface area contributed by atoms with E-state index < -0.39 is 0 Å². The summed E-state index contributed by atoms with van der Waals surface area (Å²) in [5, 5.41) is 0. The summed E-state index contributed by atoms with van der Waals surface area (Å²) >= 11 is 0. The van der Waals surface area contributed by atoms with E-state index in [0.717, 1.165) is 49.3 Å². The minimum atomic E-state index is -0.320. The summed E-state index contributed by atoms with van der Waals surface area (Å²) in [5.74, 6) is -0.162. The molecule has 1 saturated heterocycles. The number of benzene rings is 1. The third-order valence-electron chi connectivity index (χ3n) is 4.48. The molecule has 1 aliphatic rings. The monoisotopic (exact) mass is 325 g/mol. The number of aromatic nitrogens is 1. The predicted molar refractivity (Wildman–Crippen MR) is 96.6 cm³/mol. The van der Waals surface area contributed by atoms with Gasteiger partial charge in [0.05, 0.1) is 0 Å². The number of piperidine rings is 1. The molecule has 1 aliphatic heterocycles. The van der Waals surface area contributed by atoms with Crippen molar-refractivity contribution < 1.29 is 4.79 Å². The van der Waals surface area contributed by atoms with E-state index in [2.05, 4.69) is 4.98 Å². The first-order valence-electron chi connectivity index (χ1n) is 8.36. The molecule has 5 heteroatoms. The molecule has 0 atom stereocenters. The number of rotatable bonds is 3. The summed E-state index contributed by atoms with van der Waals surface area (Å²) in [6.07, 6.45) is 3.18. The van der Waals surface area contributed by atoms with Crippen molar-refractivity contribution in [1.29, 1.82) is 0 Å². The first-order chi connectivity index (χ1) is 11.6. The summed E-state index contributed by atoms with van der Waals surface area (Å²) in [7, 11) is 3.97. The molecule has 0 spiro atoms. The normalized spacial score (nSPS) is 14.5. The van der Waals surface area contributed by atoms with Gasteiger partial charge in [-0.05, 0) is 49.1 Å². The maximum Gasteiger partial charge on any atom is 0.261 e. The molecule has 0 aliphatic carbocycles. The van der Waals surface area contributed by atoms with E-state index in [1.807, 2.05) is 49.3 Å². The quantitative estimate of drug-likeness (QED) is 0.944. The lowest BCUT2D eigenvalue weighted by Crippen LogP contribution is -2.38. The fraction of sp³-hybridized carbons (Fsp3) is 0.368. The van der Waals surface area contributed by atoms with Gasteiger partial charge in [-0.1, -0.05) is 12.1 Å². The molecule has 0 saturated carbocycles. The van der Waals surface area contributed by atoms with Crippen LogP contribution in [0.5, 0.6) is 0 Å². The van der Waals surface area contributed by atoms with Gasteiger partial charge in [-0.3, -0.25) is 9.59 Å². The largest absolute Gasteiger partial charge is 0.378 e. The van der Waals surface area contributed by atoms with E-state index in [1.54, 1.807) is 11.0 Å². The zero-order chi connectivity index (χ0) is 17.1.